The largest absolute Gasteiger partial charge is 0.459 e. The Labute approximate surface area is 125 Å². The van der Waals surface area contributed by atoms with Crippen molar-refractivity contribution in [2.75, 3.05) is 20.1 Å². The van der Waals surface area contributed by atoms with Crippen LogP contribution in [0.4, 0.5) is 0 Å². The summed E-state index contributed by atoms with van der Waals surface area (Å²) in [5, 5.41) is 4.32. The van der Waals surface area contributed by atoms with E-state index in [1.165, 1.54) is 12.8 Å². The maximum Gasteiger partial charge on any atom is 0.236 e. The number of carbonyl (C=O) groups is 1. The average Bonchev–Trinajstić information content (AvgIpc) is 3.21. The molecule has 1 amide bonds. The second-order valence-electron chi connectivity index (χ2n) is 5.94. The van der Waals surface area contributed by atoms with E-state index in [1.54, 1.807) is 4.90 Å². The molecule has 1 saturated carbocycles. The second kappa shape index (κ2) is 5.90. The number of amides is 1. The van der Waals surface area contributed by atoms with Gasteiger partial charge in [0.2, 0.25) is 5.91 Å². The minimum Gasteiger partial charge on any atom is -0.459 e. The van der Waals surface area contributed by atoms with E-state index < -0.39 is 0 Å². The van der Waals surface area contributed by atoms with Gasteiger partial charge in [0.05, 0.1) is 12.6 Å². The molecular weight excluding hydrogens is 264 g/mol. The van der Waals surface area contributed by atoms with Gasteiger partial charge in [0.1, 0.15) is 11.3 Å². The fourth-order valence-electron chi connectivity index (χ4n) is 2.45. The van der Waals surface area contributed by atoms with E-state index >= 15 is 0 Å². The van der Waals surface area contributed by atoms with E-state index in [9.17, 15) is 4.79 Å². The predicted octanol–water partition coefficient (Wildman–Crippen LogP) is 2.95. The molecule has 112 valence electrons. The average molecular weight is 286 g/mol. The van der Waals surface area contributed by atoms with Gasteiger partial charge in [0, 0.05) is 12.4 Å². The molecule has 1 aliphatic rings. The van der Waals surface area contributed by atoms with Crippen molar-refractivity contribution in [1.82, 2.24) is 10.2 Å². The molecule has 0 aliphatic heterocycles. The smallest absolute Gasteiger partial charge is 0.236 e. The Morgan fingerprint density at radius 1 is 1.43 bits per heavy atom. The first-order valence-corrected chi connectivity index (χ1v) is 7.60. The Balaban J connectivity index is 1.62. The van der Waals surface area contributed by atoms with Crippen LogP contribution in [-0.2, 0) is 4.79 Å². The highest BCUT2D eigenvalue weighted by molar-refractivity contribution is 5.80. The summed E-state index contributed by atoms with van der Waals surface area (Å²) in [4.78, 5) is 13.9. The summed E-state index contributed by atoms with van der Waals surface area (Å²) in [7, 11) is 1.83. The van der Waals surface area contributed by atoms with Gasteiger partial charge in [-0.25, -0.2) is 0 Å². The number of likely N-dealkylation sites (N-methyl/N-ethyl adjacent to an activating group) is 1. The minimum atomic E-state index is -0.0624. The van der Waals surface area contributed by atoms with E-state index in [1.807, 2.05) is 44.3 Å². The highest BCUT2D eigenvalue weighted by atomic mass is 16.3. The number of hydrogen-bond acceptors (Lipinski definition) is 3. The van der Waals surface area contributed by atoms with E-state index in [0.29, 0.717) is 6.54 Å². The van der Waals surface area contributed by atoms with Crippen LogP contribution in [0.25, 0.3) is 11.0 Å². The first-order chi connectivity index (χ1) is 10.1. The molecule has 21 heavy (non-hydrogen) atoms. The molecule has 3 rings (SSSR count). The third kappa shape index (κ3) is 3.27. The van der Waals surface area contributed by atoms with E-state index in [-0.39, 0.29) is 11.9 Å². The highest BCUT2D eigenvalue weighted by Crippen LogP contribution is 2.28. The Bertz CT molecular complexity index is 598. The van der Waals surface area contributed by atoms with Crippen LogP contribution >= 0.6 is 0 Å². The fraction of sp³-hybridized carbons (Fsp3) is 0.471. The first-order valence-electron chi connectivity index (χ1n) is 7.60. The van der Waals surface area contributed by atoms with Gasteiger partial charge >= 0.3 is 0 Å². The molecule has 2 aromatic rings. The molecule has 0 saturated heterocycles. The molecule has 4 heteroatoms. The third-order valence-electron chi connectivity index (χ3n) is 4.24. The number of para-hydroxylation sites is 1. The molecule has 1 atom stereocenters. The van der Waals surface area contributed by atoms with Gasteiger partial charge in [0.25, 0.3) is 0 Å². The first kappa shape index (κ1) is 14.1. The molecule has 1 aliphatic carbocycles. The van der Waals surface area contributed by atoms with Crippen LogP contribution in [0.3, 0.4) is 0 Å². The molecular formula is C17H22N2O2. The zero-order valence-corrected chi connectivity index (χ0v) is 12.6. The maximum atomic E-state index is 12.2. The van der Waals surface area contributed by atoms with Gasteiger partial charge in [-0.1, -0.05) is 18.2 Å². The predicted molar refractivity (Wildman–Crippen MR) is 83.0 cm³/mol. The van der Waals surface area contributed by atoms with Crippen LogP contribution < -0.4 is 5.32 Å². The molecule has 1 heterocycles. The second-order valence-corrected chi connectivity index (χ2v) is 5.94. The number of hydrogen-bond donors (Lipinski definition) is 1. The van der Waals surface area contributed by atoms with Crippen LogP contribution in [0.5, 0.6) is 0 Å². The van der Waals surface area contributed by atoms with Crippen molar-refractivity contribution in [3.63, 3.8) is 0 Å². The number of rotatable bonds is 6. The number of nitrogens with one attached hydrogen (secondary N) is 1. The molecule has 1 aromatic heterocycles. The van der Waals surface area contributed by atoms with Crippen molar-refractivity contribution < 1.29 is 9.21 Å². The number of furan rings is 1. The molecule has 1 aromatic carbocycles. The third-order valence-corrected chi connectivity index (χ3v) is 4.24. The van der Waals surface area contributed by atoms with Crippen molar-refractivity contribution in [2.45, 2.75) is 25.8 Å². The van der Waals surface area contributed by atoms with Gasteiger partial charge in [0.15, 0.2) is 0 Å². The molecule has 1 N–H and O–H groups in total. The highest BCUT2D eigenvalue weighted by Gasteiger charge is 2.23. The van der Waals surface area contributed by atoms with Crippen molar-refractivity contribution in [2.24, 2.45) is 5.92 Å². The fourth-order valence-corrected chi connectivity index (χ4v) is 2.45. The Morgan fingerprint density at radius 2 is 2.19 bits per heavy atom. The van der Waals surface area contributed by atoms with Crippen LogP contribution in [-0.4, -0.2) is 30.9 Å². The summed E-state index contributed by atoms with van der Waals surface area (Å²) >= 11 is 0. The normalized spacial score (nSPS) is 16.1. The van der Waals surface area contributed by atoms with Crippen molar-refractivity contribution >= 4 is 16.9 Å². The maximum absolute atomic E-state index is 12.2. The molecule has 0 bridgehead atoms. The standard InChI is InChI=1S/C17H22N2O2/c1-12(16-9-14-5-3-4-6-15(14)21-16)19(2)17(20)11-18-10-13-7-8-13/h3-6,9,12-13,18H,7-8,10-11H2,1-2H3. The molecule has 1 fully saturated rings. The van der Waals surface area contributed by atoms with Crippen LogP contribution in [0, 0.1) is 5.92 Å². The van der Waals surface area contributed by atoms with E-state index in [2.05, 4.69) is 5.32 Å². The molecule has 4 nitrogen and oxygen atoms in total. The number of carbonyl (C=O) groups excluding carboxylic acids is 1. The topological polar surface area (TPSA) is 45.5 Å². The van der Waals surface area contributed by atoms with Crippen LogP contribution in [0.2, 0.25) is 0 Å². The molecule has 0 radical (unpaired) electrons. The Morgan fingerprint density at radius 3 is 2.90 bits per heavy atom. The molecule has 0 spiro atoms. The zero-order chi connectivity index (χ0) is 14.8. The molecule has 1 unspecified atom stereocenters. The number of fused-ring (bicyclic) bond motifs is 1. The SMILES string of the molecule is CC(c1cc2ccccc2o1)N(C)C(=O)CNCC1CC1. The lowest BCUT2D eigenvalue weighted by molar-refractivity contribution is -0.131. The van der Waals surface area contributed by atoms with Gasteiger partial charge in [-0.15, -0.1) is 0 Å². The van der Waals surface area contributed by atoms with Crippen molar-refractivity contribution in [1.29, 1.82) is 0 Å². The van der Waals surface area contributed by atoms with Gasteiger partial charge in [-0.3, -0.25) is 4.79 Å². The van der Waals surface area contributed by atoms with E-state index in [0.717, 1.165) is 29.2 Å². The van der Waals surface area contributed by atoms with Crippen molar-refractivity contribution in [3.8, 4) is 0 Å². The van der Waals surface area contributed by atoms with Crippen LogP contribution in [0.1, 0.15) is 31.6 Å². The summed E-state index contributed by atoms with van der Waals surface area (Å²) in [5.74, 6) is 1.72. The van der Waals surface area contributed by atoms with Crippen molar-refractivity contribution in [3.05, 3.63) is 36.1 Å². The summed E-state index contributed by atoms with van der Waals surface area (Å²) in [6, 6.07) is 9.87. The van der Waals surface area contributed by atoms with Gasteiger partial charge in [-0.05, 0) is 44.4 Å². The number of benzene rings is 1. The lowest BCUT2D eigenvalue weighted by Crippen LogP contribution is -2.37. The summed E-state index contributed by atoms with van der Waals surface area (Å²) in [6.45, 7) is 3.35. The summed E-state index contributed by atoms with van der Waals surface area (Å²) < 4.78 is 5.84. The summed E-state index contributed by atoms with van der Waals surface area (Å²) in [5.41, 5.74) is 0.868. The van der Waals surface area contributed by atoms with Gasteiger partial charge < -0.3 is 14.6 Å². The van der Waals surface area contributed by atoms with E-state index in [4.69, 9.17) is 4.42 Å². The minimum absolute atomic E-state index is 0.0624. The van der Waals surface area contributed by atoms with Crippen LogP contribution in [0.15, 0.2) is 34.7 Å². The Hall–Kier alpha value is -1.81. The summed E-state index contributed by atoms with van der Waals surface area (Å²) in [6.07, 6.45) is 2.60. The quantitative estimate of drug-likeness (QED) is 0.888. The lowest BCUT2D eigenvalue weighted by atomic mass is 10.2. The Kier molecular flexibility index (Phi) is 3.97. The monoisotopic (exact) mass is 286 g/mol. The number of nitrogens with zero attached hydrogens (tertiary/aromatic N) is 1. The zero-order valence-electron chi connectivity index (χ0n) is 12.6. The van der Waals surface area contributed by atoms with Gasteiger partial charge in [-0.2, -0.15) is 0 Å². The lowest BCUT2D eigenvalue weighted by Gasteiger charge is -2.23.